The molecule has 1 heterocycles. The maximum atomic E-state index is 13.0. The van der Waals surface area contributed by atoms with Crippen molar-refractivity contribution in [1.29, 1.82) is 0 Å². The first-order valence-electron chi connectivity index (χ1n) is 9.94. The number of aromatic nitrogens is 2. The Balaban J connectivity index is 2.06. The molecule has 3 aromatic carbocycles. The highest BCUT2D eigenvalue weighted by Gasteiger charge is 2.40. The van der Waals surface area contributed by atoms with Gasteiger partial charge in [0, 0.05) is 12.8 Å². The van der Waals surface area contributed by atoms with Crippen LogP contribution in [-0.4, -0.2) is 21.6 Å². The van der Waals surface area contributed by atoms with E-state index in [1.165, 1.54) is 0 Å². The van der Waals surface area contributed by atoms with E-state index >= 15 is 0 Å². The van der Waals surface area contributed by atoms with Crippen molar-refractivity contribution in [3.8, 4) is 0 Å². The maximum absolute atomic E-state index is 13.0. The molecule has 0 saturated heterocycles. The first-order chi connectivity index (χ1) is 14.8. The van der Waals surface area contributed by atoms with Crippen molar-refractivity contribution in [2.75, 3.05) is 0 Å². The highest BCUT2D eigenvalue weighted by atomic mass is 16.1. The third-order valence-electron chi connectivity index (χ3n) is 5.35. The predicted octanol–water partition coefficient (Wildman–Crippen LogP) is 4.89. The molecule has 148 valence electrons. The average Bonchev–Trinajstić information content (AvgIpc) is 3.30. The fourth-order valence-corrected chi connectivity index (χ4v) is 4.04. The van der Waals surface area contributed by atoms with Crippen LogP contribution in [-0.2, 0) is 10.3 Å². The van der Waals surface area contributed by atoms with Crippen LogP contribution in [0.3, 0.4) is 0 Å². The van der Waals surface area contributed by atoms with E-state index in [-0.39, 0.29) is 18.6 Å². The van der Waals surface area contributed by atoms with Gasteiger partial charge in [-0.25, -0.2) is 4.98 Å². The lowest BCUT2D eigenvalue weighted by Crippen LogP contribution is -2.39. The summed E-state index contributed by atoms with van der Waals surface area (Å²) in [6.07, 6.45) is 4.43. The molecule has 0 atom stereocenters. The second-order valence-corrected chi connectivity index (χ2v) is 7.09. The van der Waals surface area contributed by atoms with Crippen LogP contribution in [0.5, 0.6) is 0 Å². The largest absolute Gasteiger partial charge is 0.309 e. The van der Waals surface area contributed by atoms with Crippen LogP contribution in [0.1, 0.15) is 40.0 Å². The number of rotatable bonds is 8. The van der Waals surface area contributed by atoms with E-state index in [4.69, 9.17) is 0 Å². The molecule has 0 fully saturated rings. The topological polar surface area (TPSA) is 52.0 Å². The number of ketones is 1. The highest BCUT2D eigenvalue weighted by Crippen LogP contribution is 2.41. The van der Waals surface area contributed by atoms with Gasteiger partial charge in [0.05, 0.1) is 12.5 Å². The Hall–Kier alpha value is -3.79. The molecule has 0 aliphatic carbocycles. The normalized spacial score (nSPS) is 11.2. The third-order valence-corrected chi connectivity index (χ3v) is 5.35. The number of carbonyl (C=O) groups excluding carboxylic acids is 2. The second kappa shape index (κ2) is 8.70. The lowest BCUT2D eigenvalue weighted by molar-refractivity contribution is -0.107. The molecule has 0 N–H and O–H groups in total. The van der Waals surface area contributed by atoms with Crippen molar-refractivity contribution >= 4 is 12.1 Å². The molecule has 0 aliphatic heterocycles. The molecule has 0 spiro atoms. The van der Waals surface area contributed by atoms with Crippen LogP contribution < -0.4 is 0 Å². The van der Waals surface area contributed by atoms with E-state index in [0.717, 1.165) is 23.0 Å². The number of benzene rings is 3. The Bertz CT molecular complexity index is 1020. The Labute approximate surface area is 175 Å². The SMILES string of the molecule is O=CCCC(=O)c1cncn1C(c1ccccc1)(c1ccccc1)c1ccccc1. The summed E-state index contributed by atoms with van der Waals surface area (Å²) in [6, 6.07) is 30.4. The molecule has 0 bridgehead atoms. The zero-order chi connectivity index (χ0) is 20.8. The van der Waals surface area contributed by atoms with E-state index in [2.05, 4.69) is 41.4 Å². The minimum atomic E-state index is -0.785. The summed E-state index contributed by atoms with van der Waals surface area (Å²) in [5.74, 6) is -0.105. The molecule has 0 unspecified atom stereocenters. The molecular weight excluding hydrogens is 372 g/mol. The fourth-order valence-electron chi connectivity index (χ4n) is 4.04. The summed E-state index contributed by atoms with van der Waals surface area (Å²) in [5.41, 5.74) is 2.75. The first-order valence-corrected chi connectivity index (χ1v) is 9.94. The Morgan fingerprint density at radius 2 is 1.27 bits per heavy atom. The minimum Gasteiger partial charge on any atom is -0.309 e. The van der Waals surface area contributed by atoms with Crippen molar-refractivity contribution in [3.05, 3.63) is 126 Å². The van der Waals surface area contributed by atoms with E-state index in [0.29, 0.717) is 5.69 Å². The number of nitrogens with zero attached hydrogens (tertiary/aromatic N) is 2. The predicted molar refractivity (Wildman–Crippen MR) is 116 cm³/mol. The van der Waals surface area contributed by atoms with Crippen LogP contribution in [0.2, 0.25) is 0 Å². The minimum absolute atomic E-state index is 0.105. The van der Waals surface area contributed by atoms with Crippen molar-refractivity contribution in [3.63, 3.8) is 0 Å². The number of hydrogen-bond donors (Lipinski definition) is 0. The quantitative estimate of drug-likeness (QED) is 0.243. The van der Waals surface area contributed by atoms with Gasteiger partial charge < -0.3 is 9.36 Å². The summed E-state index contributed by atoms with van der Waals surface area (Å²) in [5, 5.41) is 0. The summed E-state index contributed by atoms with van der Waals surface area (Å²) in [6.45, 7) is 0. The van der Waals surface area contributed by atoms with Crippen LogP contribution >= 0.6 is 0 Å². The van der Waals surface area contributed by atoms with Crippen molar-refractivity contribution in [1.82, 2.24) is 9.55 Å². The van der Waals surface area contributed by atoms with E-state index in [9.17, 15) is 9.59 Å². The van der Waals surface area contributed by atoms with E-state index in [1.54, 1.807) is 12.5 Å². The lowest BCUT2D eigenvalue weighted by Gasteiger charge is -2.38. The summed E-state index contributed by atoms with van der Waals surface area (Å²) >= 11 is 0. The van der Waals surface area contributed by atoms with Gasteiger partial charge in [0.1, 0.15) is 17.5 Å². The van der Waals surface area contributed by atoms with Gasteiger partial charge in [-0.3, -0.25) is 4.79 Å². The molecule has 4 rings (SSSR count). The molecule has 4 heteroatoms. The standard InChI is InChI=1S/C26H22N2O2/c29-18-10-17-25(30)24-19-27-20-28(24)26(21-11-4-1-5-12-21,22-13-6-2-7-14-22)23-15-8-3-9-16-23/h1-9,11-16,18-20H,10,17H2. The van der Waals surface area contributed by atoms with Crippen LogP contribution in [0.4, 0.5) is 0 Å². The van der Waals surface area contributed by atoms with Gasteiger partial charge in [0.25, 0.3) is 0 Å². The maximum Gasteiger partial charge on any atom is 0.181 e. The average molecular weight is 394 g/mol. The van der Waals surface area contributed by atoms with Gasteiger partial charge >= 0.3 is 0 Å². The number of carbonyl (C=O) groups is 2. The number of hydrogen-bond acceptors (Lipinski definition) is 3. The fraction of sp³-hybridized carbons (Fsp3) is 0.115. The molecular formula is C26H22N2O2. The Kier molecular flexibility index (Phi) is 5.66. The number of Topliss-reactive ketones (excluding diaryl/α,β-unsaturated/α-hetero) is 1. The Morgan fingerprint density at radius 3 is 1.70 bits per heavy atom. The van der Waals surface area contributed by atoms with Crippen LogP contribution in [0.15, 0.2) is 104 Å². The molecule has 0 aliphatic rings. The van der Waals surface area contributed by atoms with Crippen LogP contribution in [0, 0.1) is 0 Å². The molecule has 0 amide bonds. The van der Waals surface area contributed by atoms with Gasteiger partial charge in [-0.2, -0.15) is 0 Å². The van der Waals surface area contributed by atoms with E-state index < -0.39 is 5.54 Å². The molecule has 4 aromatic rings. The van der Waals surface area contributed by atoms with Gasteiger partial charge in [0.2, 0.25) is 0 Å². The van der Waals surface area contributed by atoms with Gasteiger partial charge in [-0.05, 0) is 16.7 Å². The Morgan fingerprint density at radius 1 is 0.800 bits per heavy atom. The molecule has 30 heavy (non-hydrogen) atoms. The zero-order valence-electron chi connectivity index (χ0n) is 16.5. The molecule has 0 radical (unpaired) electrons. The third kappa shape index (κ3) is 3.37. The van der Waals surface area contributed by atoms with Gasteiger partial charge in [-0.15, -0.1) is 0 Å². The second-order valence-electron chi connectivity index (χ2n) is 7.09. The van der Waals surface area contributed by atoms with E-state index in [1.807, 2.05) is 59.2 Å². The summed E-state index contributed by atoms with van der Waals surface area (Å²) < 4.78 is 1.94. The van der Waals surface area contributed by atoms with Crippen molar-refractivity contribution < 1.29 is 9.59 Å². The zero-order valence-corrected chi connectivity index (χ0v) is 16.5. The molecule has 1 aromatic heterocycles. The smallest absolute Gasteiger partial charge is 0.181 e. The van der Waals surface area contributed by atoms with Gasteiger partial charge in [-0.1, -0.05) is 91.0 Å². The summed E-state index contributed by atoms with van der Waals surface area (Å²) in [4.78, 5) is 28.2. The monoisotopic (exact) mass is 394 g/mol. The number of aldehydes is 1. The molecule has 0 saturated carbocycles. The highest BCUT2D eigenvalue weighted by molar-refractivity contribution is 5.95. The van der Waals surface area contributed by atoms with Crippen molar-refractivity contribution in [2.24, 2.45) is 0 Å². The molecule has 4 nitrogen and oxygen atoms in total. The first kappa shape index (κ1) is 19.5. The number of imidazole rings is 1. The summed E-state index contributed by atoms with van der Waals surface area (Å²) in [7, 11) is 0. The van der Waals surface area contributed by atoms with Crippen molar-refractivity contribution in [2.45, 2.75) is 18.4 Å². The van der Waals surface area contributed by atoms with Crippen LogP contribution in [0.25, 0.3) is 0 Å². The lowest BCUT2D eigenvalue weighted by atomic mass is 9.76. The van der Waals surface area contributed by atoms with Gasteiger partial charge in [0.15, 0.2) is 5.78 Å².